The highest BCUT2D eigenvalue weighted by atomic mass is 16.1. The number of rotatable bonds is 4. The topological polar surface area (TPSA) is 72.9 Å². The van der Waals surface area contributed by atoms with Gasteiger partial charge in [-0.05, 0) is 6.92 Å². The van der Waals surface area contributed by atoms with Crippen molar-refractivity contribution < 1.29 is 4.79 Å². The van der Waals surface area contributed by atoms with Crippen LogP contribution >= 0.6 is 0 Å². The summed E-state index contributed by atoms with van der Waals surface area (Å²) < 4.78 is 1.87. The molecule has 0 aliphatic carbocycles. The number of nitrogens with one attached hydrogen (secondary N) is 1. The molecule has 78 valence electrons. The van der Waals surface area contributed by atoms with Crippen LogP contribution in [-0.4, -0.2) is 21.5 Å². The van der Waals surface area contributed by atoms with Crippen LogP contribution in [0.3, 0.4) is 0 Å². The smallest absolute Gasteiger partial charge is 0.221 e. The first-order valence-electron chi connectivity index (χ1n) is 4.58. The van der Waals surface area contributed by atoms with Gasteiger partial charge in [-0.15, -0.1) is 0 Å². The Morgan fingerprint density at radius 1 is 1.79 bits per heavy atom. The SMILES string of the molecule is CC(N)CC(=O)NCc1nccn1C. The Morgan fingerprint density at radius 2 is 2.50 bits per heavy atom. The predicted molar refractivity (Wildman–Crippen MR) is 53.3 cm³/mol. The third kappa shape index (κ3) is 3.18. The van der Waals surface area contributed by atoms with Gasteiger partial charge in [-0.25, -0.2) is 4.98 Å². The molecule has 0 spiro atoms. The molecule has 0 fully saturated rings. The van der Waals surface area contributed by atoms with Gasteiger partial charge in [0.15, 0.2) is 0 Å². The van der Waals surface area contributed by atoms with Gasteiger partial charge in [0.05, 0.1) is 6.54 Å². The van der Waals surface area contributed by atoms with Crippen molar-refractivity contribution in [3.8, 4) is 0 Å². The van der Waals surface area contributed by atoms with Gasteiger partial charge in [0.25, 0.3) is 0 Å². The average Bonchev–Trinajstić information content (AvgIpc) is 2.46. The number of hydrogen-bond acceptors (Lipinski definition) is 3. The van der Waals surface area contributed by atoms with Crippen LogP contribution in [0.4, 0.5) is 0 Å². The third-order valence-corrected chi connectivity index (χ3v) is 1.87. The van der Waals surface area contributed by atoms with Gasteiger partial charge in [0, 0.05) is 31.9 Å². The summed E-state index contributed by atoms with van der Waals surface area (Å²) >= 11 is 0. The molecule has 0 aromatic carbocycles. The molecule has 5 nitrogen and oxygen atoms in total. The predicted octanol–water partition coefficient (Wildman–Crippen LogP) is -0.226. The molecule has 1 atom stereocenters. The maximum atomic E-state index is 11.2. The zero-order valence-corrected chi connectivity index (χ0v) is 8.53. The first-order valence-corrected chi connectivity index (χ1v) is 4.58. The van der Waals surface area contributed by atoms with Crippen molar-refractivity contribution in [3.63, 3.8) is 0 Å². The Kier molecular flexibility index (Phi) is 3.64. The van der Waals surface area contributed by atoms with Crippen LogP contribution in [0.1, 0.15) is 19.2 Å². The molecule has 1 aromatic heterocycles. The van der Waals surface area contributed by atoms with Crippen LogP contribution in [0.25, 0.3) is 0 Å². The van der Waals surface area contributed by atoms with E-state index in [0.717, 1.165) is 5.82 Å². The Balaban J connectivity index is 2.34. The van der Waals surface area contributed by atoms with Gasteiger partial charge >= 0.3 is 0 Å². The third-order valence-electron chi connectivity index (χ3n) is 1.87. The number of imidazole rings is 1. The van der Waals surface area contributed by atoms with Crippen LogP contribution in [0.2, 0.25) is 0 Å². The summed E-state index contributed by atoms with van der Waals surface area (Å²) in [6.07, 6.45) is 3.89. The Labute approximate surface area is 83.3 Å². The number of aromatic nitrogens is 2. The maximum absolute atomic E-state index is 11.2. The van der Waals surface area contributed by atoms with E-state index >= 15 is 0 Å². The minimum atomic E-state index is -0.101. The highest BCUT2D eigenvalue weighted by Gasteiger charge is 2.05. The number of amides is 1. The molecule has 14 heavy (non-hydrogen) atoms. The molecule has 5 heteroatoms. The second-order valence-corrected chi connectivity index (χ2v) is 3.41. The van der Waals surface area contributed by atoms with Crippen molar-refractivity contribution in [1.82, 2.24) is 14.9 Å². The monoisotopic (exact) mass is 196 g/mol. The van der Waals surface area contributed by atoms with Crippen molar-refractivity contribution in [2.45, 2.75) is 25.9 Å². The first kappa shape index (κ1) is 10.7. The van der Waals surface area contributed by atoms with E-state index in [4.69, 9.17) is 5.73 Å². The minimum absolute atomic E-state index is 0.0389. The van der Waals surface area contributed by atoms with E-state index in [-0.39, 0.29) is 11.9 Å². The van der Waals surface area contributed by atoms with Gasteiger partial charge in [-0.1, -0.05) is 0 Å². The normalized spacial score (nSPS) is 12.5. The number of carbonyl (C=O) groups excluding carboxylic acids is 1. The summed E-state index contributed by atoms with van der Waals surface area (Å²) in [6.45, 7) is 2.26. The molecule has 3 N–H and O–H groups in total. The minimum Gasteiger partial charge on any atom is -0.349 e. The van der Waals surface area contributed by atoms with Gasteiger partial charge < -0.3 is 15.6 Å². The van der Waals surface area contributed by atoms with E-state index in [1.165, 1.54) is 0 Å². The van der Waals surface area contributed by atoms with Crippen molar-refractivity contribution >= 4 is 5.91 Å². The number of aryl methyl sites for hydroxylation is 1. The fourth-order valence-electron chi connectivity index (χ4n) is 1.11. The zero-order valence-electron chi connectivity index (χ0n) is 8.53. The quantitative estimate of drug-likeness (QED) is 0.699. The second kappa shape index (κ2) is 4.76. The molecular formula is C9H16N4O. The zero-order chi connectivity index (χ0) is 10.6. The largest absolute Gasteiger partial charge is 0.349 e. The highest BCUT2D eigenvalue weighted by molar-refractivity contribution is 5.76. The van der Waals surface area contributed by atoms with Crippen molar-refractivity contribution in [3.05, 3.63) is 18.2 Å². The van der Waals surface area contributed by atoms with Gasteiger partial charge in [0.1, 0.15) is 5.82 Å². The van der Waals surface area contributed by atoms with Crippen LogP contribution in [0, 0.1) is 0 Å². The van der Waals surface area contributed by atoms with Crippen LogP contribution in [0.5, 0.6) is 0 Å². The number of nitrogens with zero attached hydrogens (tertiary/aromatic N) is 2. The van der Waals surface area contributed by atoms with Crippen molar-refractivity contribution in [1.29, 1.82) is 0 Å². The van der Waals surface area contributed by atoms with E-state index in [1.54, 1.807) is 13.1 Å². The average molecular weight is 196 g/mol. The van der Waals surface area contributed by atoms with E-state index in [1.807, 2.05) is 17.8 Å². The number of nitrogens with two attached hydrogens (primary N) is 1. The lowest BCUT2D eigenvalue weighted by molar-refractivity contribution is -0.121. The van der Waals surface area contributed by atoms with Gasteiger partial charge in [0.2, 0.25) is 5.91 Å². The summed E-state index contributed by atoms with van der Waals surface area (Å²) in [6, 6.07) is -0.101. The molecule has 0 bridgehead atoms. The number of carbonyl (C=O) groups is 1. The summed E-state index contributed by atoms with van der Waals surface area (Å²) in [5.41, 5.74) is 5.49. The highest BCUT2D eigenvalue weighted by Crippen LogP contribution is 1.94. The fourth-order valence-corrected chi connectivity index (χ4v) is 1.11. The summed E-state index contributed by atoms with van der Waals surface area (Å²) in [7, 11) is 1.89. The van der Waals surface area contributed by atoms with E-state index in [0.29, 0.717) is 13.0 Å². The molecule has 1 amide bonds. The molecule has 0 aliphatic rings. The Bertz CT molecular complexity index is 306. The lowest BCUT2D eigenvalue weighted by Gasteiger charge is -2.06. The van der Waals surface area contributed by atoms with Crippen LogP contribution < -0.4 is 11.1 Å². The summed E-state index contributed by atoms with van der Waals surface area (Å²) in [4.78, 5) is 15.3. The molecule has 0 saturated carbocycles. The lowest BCUT2D eigenvalue weighted by atomic mass is 10.2. The molecule has 0 radical (unpaired) electrons. The fraction of sp³-hybridized carbons (Fsp3) is 0.556. The summed E-state index contributed by atoms with van der Waals surface area (Å²) in [5, 5.41) is 2.75. The lowest BCUT2D eigenvalue weighted by Crippen LogP contribution is -2.30. The van der Waals surface area contributed by atoms with Crippen LogP contribution in [-0.2, 0) is 18.4 Å². The molecule has 1 heterocycles. The second-order valence-electron chi connectivity index (χ2n) is 3.41. The molecule has 1 aromatic rings. The maximum Gasteiger partial charge on any atom is 0.221 e. The first-order chi connectivity index (χ1) is 6.59. The van der Waals surface area contributed by atoms with E-state index in [9.17, 15) is 4.79 Å². The van der Waals surface area contributed by atoms with Crippen molar-refractivity contribution in [2.75, 3.05) is 0 Å². The van der Waals surface area contributed by atoms with E-state index < -0.39 is 0 Å². The summed E-state index contributed by atoms with van der Waals surface area (Å²) in [5.74, 6) is 0.797. The van der Waals surface area contributed by atoms with Gasteiger partial charge in [-0.3, -0.25) is 4.79 Å². The molecular weight excluding hydrogens is 180 g/mol. The molecule has 1 unspecified atom stereocenters. The molecule has 1 rings (SSSR count). The number of hydrogen-bond donors (Lipinski definition) is 2. The van der Waals surface area contributed by atoms with E-state index in [2.05, 4.69) is 10.3 Å². The Morgan fingerprint density at radius 3 is 3.00 bits per heavy atom. The molecule has 0 aliphatic heterocycles. The van der Waals surface area contributed by atoms with Crippen molar-refractivity contribution in [2.24, 2.45) is 12.8 Å². The van der Waals surface area contributed by atoms with Gasteiger partial charge in [-0.2, -0.15) is 0 Å². The molecule has 0 saturated heterocycles. The van der Waals surface area contributed by atoms with Crippen LogP contribution in [0.15, 0.2) is 12.4 Å². The Hall–Kier alpha value is -1.36. The standard InChI is InChI=1S/C9H16N4O/c1-7(10)5-9(14)12-6-8-11-3-4-13(8)2/h3-4,7H,5-6,10H2,1-2H3,(H,12,14).